The van der Waals surface area contributed by atoms with Gasteiger partial charge in [0.1, 0.15) is 17.2 Å². The summed E-state index contributed by atoms with van der Waals surface area (Å²) in [5, 5.41) is 6.89. The molecule has 1 saturated carbocycles. The van der Waals surface area contributed by atoms with Crippen molar-refractivity contribution in [1.29, 1.82) is 0 Å². The van der Waals surface area contributed by atoms with E-state index in [0.717, 1.165) is 35.8 Å². The standard InChI is InChI=1S/C17H19NO2.CH2O2/c18-13-8-10-15(11-9-13)20-17-7-3-6-16(12-17)19-14-4-1-2-5-14;2-1-3/h3,6-12,14H,1-2,4-5,18H2;1H,(H,2,3). The zero-order valence-corrected chi connectivity index (χ0v) is 12.9. The van der Waals surface area contributed by atoms with Gasteiger partial charge in [0.15, 0.2) is 0 Å². The Balaban J connectivity index is 0.000000595. The van der Waals surface area contributed by atoms with Crippen LogP contribution in [-0.4, -0.2) is 17.7 Å². The van der Waals surface area contributed by atoms with Crippen molar-refractivity contribution in [1.82, 2.24) is 0 Å². The van der Waals surface area contributed by atoms with Crippen LogP contribution in [0.1, 0.15) is 25.7 Å². The van der Waals surface area contributed by atoms with Crippen LogP contribution in [-0.2, 0) is 4.79 Å². The second kappa shape index (κ2) is 8.68. The van der Waals surface area contributed by atoms with Crippen LogP contribution < -0.4 is 15.2 Å². The lowest BCUT2D eigenvalue weighted by Crippen LogP contribution is -2.10. The van der Waals surface area contributed by atoms with Gasteiger partial charge in [-0.1, -0.05) is 6.07 Å². The summed E-state index contributed by atoms with van der Waals surface area (Å²) in [6, 6.07) is 15.2. The molecule has 5 heteroatoms. The van der Waals surface area contributed by atoms with Gasteiger partial charge >= 0.3 is 0 Å². The topological polar surface area (TPSA) is 81.8 Å². The first-order valence-electron chi connectivity index (χ1n) is 7.59. The lowest BCUT2D eigenvalue weighted by Gasteiger charge is -2.14. The maximum absolute atomic E-state index is 8.36. The third kappa shape index (κ3) is 5.54. The Labute approximate surface area is 135 Å². The molecule has 3 N–H and O–H groups in total. The highest BCUT2D eigenvalue weighted by molar-refractivity contribution is 5.43. The van der Waals surface area contributed by atoms with Gasteiger partial charge in [-0.15, -0.1) is 0 Å². The highest BCUT2D eigenvalue weighted by Crippen LogP contribution is 2.29. The van der Waals surface area contributed by atoms with Gasteiger partial charge in [-0.05, 0) is 62.1 Å². The van der Waals surface area contributed by atoms with Crippen molar-refractivity contribution in [2.45, 2.75) is 31.8 Å². The summed E-state index contributed by atoms with van der Waals surface area (Å²) in [6.45, 7) is -0.250. The van der Waals surface area contributed by atoms with Gasteiger partial charge < -0.3 is 20.3 Å². The lowest BCUT2D eigenvalue weighted by atomic mass is 10.3. The molecule has 2 aromatic carbocycles. The van der Waals surface area contributed by atoms with Crippen molar-refractivity contribution in [2.75, 3.05) is 5.73 Å². The van der Waals surface area contributed by atoms with Crippen molar-refractivity contribution in [3.8, 4) is 17.2 Å². The third-order valence-corrected chi connectivity index (χ3v) is 3.53. The van der Waals surface area contributed by atoms with E-state index in [2.05, 4.69) is 0 Å². The minimum Gasteiger partial charge on any atom is -0.490 e. The number of hydrogen-bond acceptors (Lipinski definition) is 4. The molecule has 0 aromatic heterocycles. The molecule has 0 atom stereocenters. The Kier molecular flexibility index (Phi) is 6.29. The number of benzene rings is 2. The van der Waals surface area contributed by atoms with E-state index in [1.807, 2.05) is 48.5 Å². The number of carbonyl (C=O) groups is 1. The normalized spacial score (nSPS) is 13.7. The number of ether oxygens (including phenoxy) is 2. The molecule has 0 heterocycles. The van der Waals surface area contributed by atoms with Crippen LogP contribution in [0.3, 0.4) is 0 Å². The molecule has 1 fully saturated rings. The summed E-state index contributed by atoms with van der Waals surface area (Å²) in [4.78, 5) is 8.36. The molecule has 0 amide bonds. The average molecular weight is 315 g/mol. The molecular formula is C18H21NO4. The largest absolute Gasteiger partial charge is 0.490 e. The fourth-order valence-electron chi connectivity index (χ4n) is 2.48. The van der Waals surface area contributed by atoms with E-state index < -0.39 is 0 Å². The predicted octanol–water partition coefficient (Wildman–Crippen LogP) is 4.08. The molecule has 0 saturated heterocycles. The monoisotopic (exact) mass is 315 g/mol. The SMILES string of the molecule is Nc1ccc(Oc2cccc(OC3CCCC3)c2)cc1.O=CO. The fraction of sp³-hybridized carbons (Fsp3) is 0.278. The predicted molar refractivity (Wildman–Crippen MR) is 88.9 cm³/mol. The molecule has 2 aromatic rings. The maximum atomic E-state index is 8.36. The molecule has 0 bridgehead atoms. The van der Waals surface area contributed by atoms with Crippen LogP contribution in [0.5, 0.6) is 17.2 Å². The number of nitrogens with two attached hydrogens (primary N) is 1. The summed E-state index contributed by atoms with van der Waals surface area (Å²) >= 11 is 0. The van der Waals surface area contributed by atoms with Crippen LogP contribution in [0.25, 0.3) is 0 Å². The number of rotatable bonds is 4. The molecule has 0 radical (unpaired) electrons. The molecule has 0 unspecified atom stereocenters. The van der Waals surface area contributed by atoms with E-state index in [-0.39, 0.29) is 6.47 Å². The fourth-order valence-corrected chi connectivity index (χ4v) is 2.48. The van der Waals surface area contributed by atoms with E-state index in [1.54, 1.807) is 0 Å². The summed E-state index contributed by atoms with van der Waals surface area (Å²) in [5.41, 5.74) is 6.39. The zero-order valence-electron chi connectivity index (χ0n) is 12.9. The maximum Gasteiger partial charge on any atom is 0.290 e. The van der Waals surface area contributed by atoms with Gasteiger partial charge in [-0.2, -0.15) is 0 Å². The number of carboxylic acid groups (broad SMARTS) is 1. The van der Waals surface area contributed by atoms with Crippen LogP contribution in [0.2, 0.25) is 0 Å². The second-order valence-corrected chi connectivity index (χ2v) is 5.28. The molecule has 1 aliphatic carbocycles. The highest BCUT2D eigenvalue weighted by atomic mass is 16.5. The zero-order chi connectivity index (χ0) is 16.5. The first kappa shape index (κ1) is 16.7. The van der Waals surface area contributed by atoms with Gasteiger partial charge in [0.2, 0.25) is 0 Å². The van der Waals surface area contributed by atoms with E-state index in [9.17, 15) is 0 Å². The van der Waals surface area contributed by atoms with Crippen molar-refractivity contribution < 1.29 is 19.4 Å². The molecule has 0 spiro atoms. The summed E-state index contributed by atoms with van der Waals surface area (Å²) in [7, 11) is 0. The Morgan fingerprint density at radius 3 is 2.26 bits per heavy atom. The van der Waals surface area contributed by atoms with E-state index in [1.165, 1.54) is 12.8 Å². The Morgan fingerprint density at radius 1 is 1.00 bits per heavy atom. The minimum atomic E-state index is -0.250. The summed E-state index contributed by atoms with van der Waals surface area (Å²) < 4.78 is 11.8. The van der Waals surface area contributed by atoms with Crippen molar-refractivity contribution >= 4 is 12.2 Å². The molecule has 1 aliphatic rings. The lowest BCUT2D eigenvalue weighted by molar-refractivity contribution is -0.122. The van der Waals surface area contributed by atoms with Gasteiger partial charge in [0.05, 0.1) is 6.10 Å². The second-order valence-electron chi connectivity index (χ2n) is 5.28. The highest BCUT2D eigenvalue weighted by Gasteiger charge is 2.16. The third-order valence-electron chi connectivity index (χ3n) is 3.53. The van der Waals surface area contributed by atoms with Crippen molar-refractivity contribution in [2.24, 2.45) is 0 Å². The summed E-state index contributed by atoms with van der Waals surface area (Å²) in [5.74, 6) is 2.44. The summed E-state index contributed by atoms with van der Waals surface area (Å²) in [6.07, 6.45) is 5.21. The van der Waals surface area contributed by atoms with Gasteiger partial charge in [0, 0.05) is 11.8 Å². The smallest absolute Gasteiger partial charge is 0.290 e. The number of hydrogen-bond donors (Lipinski definition) is 2. The van der Waals surface area contributed by atoms with Gasteiger partial charge in [-0.25, -0.2) is 0 Å². The molecule has 3 rings (SSSR count). The van der Waals surface area contributed by atoms with Crippen LogP contribution in [0, 0.1) is 0 Å². The Hall–Kier alpha value is -2.69. The average Bonchev–Trinajstić information content (AvgIpc) is 3.04. The Morgan fingerprint density at radius 2 is 1.61 bits per heavy atom. The van der Waals surface area contributed by atoms with E-state index in [0.29, 0.717) is 6.10 Å². The molecule has 0 aliphatic heterocycles. The van der Waals surface area contributed by atoms with Crippen LogP contribution in [0.15, 0.2) is 48.5 Å². The number of anilines is 1. The van der Waals surface area contributed by atoms with E-state index in [4.69, 9.17) is 25.1 Å². The van der Waals surface area contributed by atoms with Crippen LogP contribution in [0.4, 0.5) is 5.69 Å². The molecular weight excluding hydrogens is 294 g/mol. The Bertz CT molecular complexity index is 607. The molecule has 122 valence electrons. The molecule has 23 heavy (non-hydrogen) atoms. The first-order chi connectivity index (χ1) is 11.2. The van der Waals surface area contributed by atoms with Crippen molar-refractivity contribution in [3.63, 3.8) is 0 Å². The quantitative estimate of drug-likeness (QED) is 0.656. The van der Waals surface area contributed by atoms with Crippen molar-refractivity contribution in [3.05, 3.63) is 48.5 Å². The minimum absolute atomic E-state index is 0.250. The first-order valence-corrected chi connectivity index (χ1v) is 7.59. The number of nitrogen functional groups attached to an aromatic ring is 1. The van der Waals surface area contributed by atoms with Gasteiger partial charge in [-0.3, -0.25) is 4.79 Å². The molecule has 5 nitrogen and oxygen atoms in total. The van der Waals surface area contributed by atoms with Gasteiger partial charge in [0.25, 0.3) is 6.47 Å². The van der Waals surface area contributed by atoms with E-state index >= 15 is 0 Å². The van der Waals surface area contributed by atoms with Crippen LogP contribution >= 0.6 is 0 Å².